The largest absolute Gasteiger partial charge is 0.493 e. The summed E-state index contributed by atoms with van der Waals surface area (Å²) < 4.78 is 23.8. The van der Waals surface area contributed by atoms with Crippen LogP contribution in [0.15, 0.2) is 42.5 Å². The lowest BCUT2D eigenvalue weighted by atomic mass is 10.1. The van der Waals surface area contributed by atoms with Crippen LogP contribution in [0.2, 0.25) is 0 Å². The fourth-order valence-electron chi connectivity index (χ4n) is 3.86. The summed E-state index contributed by atoms with van der Waals surface area (Å²) >= 11 is 0. The molecule has 1 saturated heterocycles. The number of anilines is 1. The van der Waals surface area contributed by atoms with Crippen LogP contribution >= 0.6 is 0 Å². The summed E-state index contributed by atoms with van der Waals surface area (Å²) in [7, 11) is 3.26. The van der Waals surface area contributed by atoms with Gasteiger partial charge in [-0.15, -0.1) is 0 Å². The van der Waals surface area contributed by atoms with Gasteiger partial charge in [-0.1, -0.05) is 13.0 Å². The zero-order valence-corrected chi connectivity index (χ0v) is 18.6. The summed E-state index contributed by atoms with van der Waals surface area (Å²) in [6.45, 7) is 7.34. The molecule has 1 heterocycles. The van der Waals surface area contributed by atoms with Crippen molar-refractivity contribution in [2.75, 3.05) is 58.4 Å². The Balaban J connectivity index is 1.47. The van der Waals surface area contributed by atoms with E-state index in [9.17, 15) is 9.18 Å². The van der Waals surface area contributed by atoms with Crippen molar-refractivity contribution >= 4 is 11.6 Å². The van der Waals surface area contributed by atoms with Crippen LogP contribution in [0.3, 0.4) is 0 Å². The average Bonchev–Trinajstić information content (AvgIpc) is 2.82. The molecule has 31 heavy (non-hydrogen) atoms. The van der Waals surface area contributed by atoms with Crippen molar-refractivity contribution in [1.82, 2.24) is 9.80 Å². The molecule has 1 fully saturated rings. The van der Waals surface area contributed by atoms with E-state index < -0.39 is 0 Å². The first-order chi connectivity index (χ1) is 15.0. The van der Waals surface area contributed by atoms with Gasteiger partial charge in [0.25, 0.3) is 0 Å². The fourth-order valence-corrected chi connectivity index (χ4v) is 3.86. The van der Waals surface area contributed by atoms with E-state index >= 15 is 0 Å². The van der Waals surface area contributed by atoms with Gasteiger partial charge in [-0.25, -0.2) is 4.39 Å². The Morgan fingerprint density at radius 3 is 2.29 bits per heavy atom. The molecule has 6 nitrogen and oxygen atoms in total. The Morgan fingerprint density at radius 2 is 1.68 bits per heavy atom. The van der Waals surface area contributed by atoms with Gasteiger partial charge in [0.05, 0.1) is 14.2 Å². The average molecular weight is 430 g/mol. The summed E-state index contributed by atoms with van der Waals surface area (Å²) in [5.41, 5.74) is 2.13. The lowest BCUT2D eigenvalue weighted by Gasteiger charge is -2.36. The molecule has 2 aromatic carbocycles. The third-order valence-electron chi connectivity index (χ3n) is 5.77. The number of hydrogen-bond donors (Lipinski definition) is 0. The summed E-state index contributed by atoms with van der Waals surface area (Å²) in [6.07, 6.45) is 0.498. The molecule has 168 valence electrons. The van der Waals surface area contributed by atoms with Crippen LogP contribution in [0.4, 0.5) is 10.1 Å². The Bertz CT molecular complexity index is 852. The Morgan fingerprint density at radius 1 is 1.00 bits per heavy atom. The maximum Gasteiger partial charge on any atom is 0.223 e. The number of rotatable bonds is 9. The van der Waals surface area contributed by atoms with Gasteiger partial charge in [0.2, 0.25) is 5.91 Å². The third-order valence-corrected chi connectivity index (χ3v) is 5.77. The molecule has 0 aliphatic carbocycles. The molecular formula is C24H32FN3O3. The first kappa shape index (κ1) is 22.9. The highest BCUT2D eigenvalue weighted by molar-refractivity contribution is 5.76. The van der Waals surface area contributed by atoms with Crippen LogP contribution in [0.25, 0.3) is 0 Å². The van der Waals surface area contributed by atoms with Gasteiger partial charge in [0.15, 0.2) is 11.5 Å². The van der Waals surface area contributed by atoms with Crippen LogP contribution in [-0.2, 0) is 11.3 Å². The molecule has 0 spiro atoms. The lowest BCUT2D eigenvalue weighted by Crippen LogP contribution is -2.49. The van der Waals surface area contributed by atoms with Gasteiger partial charge in [-0.05, 0) is 48.5 Å². The van der Waals surface area contributed by atoms with Crippen molar-refractivity contribution < 1.29 is 18.7 Å². The summed E-state index contributed by atoms with van der Waals surface area (Å²) in [5, 5.41) is 0. The topological polar surface area (TPSA) is 45.3 Å². The van der Waals surface area contributed by atoms with Crippen molar-refractivity contribution in [2.45, 2.75) is 19.9 Å². The SMILES string of the molecule is CCN(CCC(=O)N1CCN(c2ccc(F)cc2)CC1)Cc1ccc(OC)c(OC)c1. The molecule has 1 amide bonds. The lowest BCUT2D eigenvalue weighted by molar-refractivity contribution is -0.131. The normalized spacial score (nSPS) is 14.1. The first-order valence-corrected chi connectivity index (χ1v) is 10.8. The van der Waals surface area contributed by atoms with Crippen LogP contribution in [-0.4, -0.2) is 69.2 Å². The molecule has 1 aliphatic rings. The van der Waals surface area contributed by atoms with Gasteiger partial charge in [0, 0.05) is 51.4 Å². The molecule has 1 aliphatic heterocycles. The van der Waals surface area contributed by atoms with Crippen molar-refractivity contribution in [3.05, 3.63) is 53.8 Å². The number of amides is 1. The van der Waals surface area contributed by atoms with Gasteiger partial charge in [-0.3, -0.25) is 9.69 Å². The van der Waals surface area contributed by atoms with Gasteiger partial charge in [0.1, 0.15) is 5.82 Å². The molecule has 0 unspecified atom stereocenters. The summed E-state index contributed by atoms with van der Waals surface area (Å²) in [5.74, 6) is 1.38. The van der Waals surface area contributed by atoms with Gasteiger partial charge < -0.3 is 19.3 Å². The van der Waals surface area contributed by atoms with Gasteiger partial charge >= 0.3 is 0 Å². The highest BCUT2D eigenvalue weighted by atomic mass is 19.1. The number of benzene rings is 2. The maximum absolute atomic E-state index is 13.1. The first-order valence-electron chi connectivity index (χ1n) is 10.8. The zero-order chi connectivity index (χ0) is 22.2. The number of piperazine rings is 1. The molecule has 2 aromatic rings. The van der Waals surface area contributed by atoms with Crippen molar-refractivity contribution in [3.8, 4) is 11.5 Å². The molecule has 0 bridgehead atoms. The highest BCUT2D eigenvalue weighted by Gasteiger charge is 2.21. The summed E-state index contributed by atoms with van der Waals surface area (Å²) in [6, 6.07) is 12.5. The number of nitrogens with zero attached hydrogens (tertiary/aromatic N) is 3. The van der Waals surface area contributed by atoms with Crippen molar-refractivity contribution in [3.63, 3.8) is 0 Å². The number of ether oxygens (including phenoxy) is 2. The predicted octanol–water partition coefficient (Wildman–Crippen LogP) is 3.40. The van der Waals surface area contributed by atoms with E-state index in [1.54, 1.807) is 26.4 Å². The molecule has 0 saturated carbocycles. The number of methoxy groups -OCH3 is 2. The van der Waals surface area contributed by atoms with E-state index in [1.807, 2.05) is 23.1 Å². The van der Waals surface area contributed by atoms with E-state index in [1.165, 1.54) is 12.1 Å². The fraction of sp³-hybridized carbons (Fsp3) is 0.458. The molecule has 3 rings (SSSR count). The van der Waals surface area contributed by atoms with Crippen LogP contribution in [0, 0.1) is 5.82 Å². The Kier molecular flexibility index (Phi) is 8.12. The van der Waals surface area contributed by atoms with E-state index in [0.29, 0.717) is 37.6 Å². The van der Waals surface area contributed by atoms with Crippen molar-refractivity contribution in [2.24, 2.45) is 0 Å². The summed E-state index contributed by atoms with van der Waals surface area (Å²) in [4.78, 5) is 19.1. The van der Waals surface area contributed by atoms with E-state index in [4.69, 9.17) is 9.47 Å². The minimum Gasteiger partial charge on any atom is -0.493 e. The monoisotopic (exact) mass is 429 g/mol. The maximum atomic E-state index is 13.1. The number of halogens is 1. The van der Waals surface area contributed by atoms with Crippen LogP contribution in [0.5, 0.6) is 11.5 Å². The molecule has 0 aromatic heterocycles. The highest BCUT2D eigenvalue weighted by Crippen LogP contribution is 2.28. The Labute approximate surface area is 184 Å². The van der Waals surface area contributed by atoms with Gasteiger partial charge in [-0.2, -0.15) is 0 Å². The second kappa shape index (κ2) is 11.0. The standard InChI is InChI=1S/C24H32FN3O3/c1-4-26(18-19-5-10-22(30-2)23(17-19)31-3)12-11-24(29)28-15-13-27(14-16-28)21-8-6-20(25)7-9-21/h5-10,17H,4,11-16,18H2,1-3H3. The van der Waals surface area contributed by atoms with Crippen LogP contribution < -0.4 is 14.4 Å². The number of carbonyl (C=O) groups is 1. The molecule has 7 heteroatoms. The Hall–Kier alpha value is -2.80. The third kappa shape index (κ3) is 6.10. The van der Waals surface area contributed by atoms with E-state index in [2.05, 4.69) is 16.7 Å². The zero-order valence-electron chi connectivity index (χ0n) is 18.6. The van der Waals surface area contributed by atoms with E-state index in [0.717, 1.165) is 37.4 Å². The van der Waals surface area contributed by atoms with E-state index in [-0.39, 0.29) is 11.7 Å². The second-order valence-electron chi connectivity index (χ2n) is 7.65. The second-order valence-corrected chi connectivity index (χ2v) is 7.65. The minimum absolute atomic E-state index is 0.185. The molecule has 0 N–H and O–H groups in total. The van der Waals surface area contributed by atoms with Crippen molar-refractivity contribution in [1.29, 1.82) is 0 Å². The number of hydrogen-bond acceptors (Lipinski definition) is 5. The molecular weight excluding hydrogens is 397 g/mol. The smallest absolute Gasteiger partial charge is 0.223 e. The quantitative estimate of drug-likeness (QED) is 0.611. The minimum atomic E-state index is -0.230. The molecule has 0 atom stereocenters. The molecule has 0 radical (unpaired) electrons. The van der Waals surface area contributed by atoms with Crippen LogP contribution in [0.1, 0.15) is 18.9 Å². The predicted molar refractivity (Wildman–Crippen MR) is 120 cm³/mol. The number of carbonyl (C=O) groups excluding carboxylic acids is 1.